The van der Waals surface area contributed by atoms with Crippen LogP contribution in [0.2, 0.25) is 0 Å². The number of hydrazine groups is 1. The molecule has 3 N–H and O–H groups in total. The summed E-state index contributed by atoms with van der Waals surface area (Å²) in [7, 11) is 0. The lowest BCUT2D eigenvalue weighted by molar-refractivity contribution is 0.0449. The largest absolute Gasteiger partial charge is 0.493 e. The summed E-state index contributed by atoms with van der Waals surface area (Å²) >= 11 is 1.95. The van der Waals surface area contributed by atoms with Crippen LogP contribution >= 0.6 is 11.8 Å². The summed E-state index contributed by atoms with van der Waals surface area (Å²) in [5, 5.41) is 0. The highest BCUT2D eigenvalue weighted by Gasteiger charge is 2.23. The second-order valence-corrected chi connectivity index (χ2v) is 6.49. The zero-order valence-electron chi connectivity index (χ0n) is 11.6. The molecule has 1 aromatic carbocycles. The van der Waals surface area contributed by atoms with Gasteiger partial charge in [-0.1, -0.05) is 12.1 Å². The average Bonchev–Trinajstić information content (AvgIpc) is 2.96. The van der Waals surface area contributed by atoms with Crippen LogP contribution in [0.1, 0.15) is 17.5 Å². The summed E-state index contributed by atoms with van der Waals surface area (Å²) in [4.78, 5) is 0. The van der Waals surface area contributed by atoms with Crippen molar-refractivity contribution in [2.75, 3.05) is 24.7 Å². The van der Waals surface area contributed by atoms with Crippen molar-refractivity contribution in [1.29, 1.82) is 0 Å². The van der Waals surface area contributed by atoms with Crippen LogP contribution in [0, 0.1) is 0 Å². The number of nitrogens with two attached hydrogens (primary N) is 1. The number of hydrogen-bond donors (Lipinski definition) is 2. The van der Waals surface area contributed by atoms with Gasteiger partial charge in [0, 0.05) is 24.0 Å². The van der Waals surface area contributed by atoms with Crippen LogP contribution in [0.4, 0.5) is 0 Å². The number of hydrogen-bond acceptors (Lipinski definition) is 5. The third-order valence-electron chi connectivity index (χ3n) is 4.00. The first-order chi connectivity index (χ1) is 9.86. The van der Waals surface area contributed by atoms with Crippen LogP contribution in [-0.2, 0) is 17.6 Å². The molecule has 2 atom stereocenters. The van der Waals surface area contributed by atoms with Crippen LogP contribution in [0.15, 0.2) is 18.2 Å². The van der Waals surface area contributed by atoms with Crippen molar-refractivity contribution in [3.63, 3.8) is 0 Å². The quantitative estimate of drug-likeness (QED) is 0.637. The zero-order valence-corrected chi connectivity index (χ0v) is 12.5. The third-order valence-corrected chi connectivity index (χ3v) is 5.02. The van der Waals surface area contributed by atoms with E-state index in [-0.39, 0.29) is 12.1 Å². The van der Waals surface area contributed by atoms with Gasteiger partial charge < -0.3 is 9.47 Å². The molecule has 0 amide bonds. The number of ether oxygens (including phenoxy) is 2. The normalized spacial score (nSPS) is 23.1. The Kier molecular flexibility index (Phi) is 4.83. The smallest absolute Gasteiger partial charge is 0.122 e. The lowest BCUT2D eigenvalue weighted by atomic mass is 10.00. The Morgan fingerprint density at radius 1 is 1.40 bits per heavy atom. The van der Waals surface area contributed by atoms with Crippen LogP contribution in [0.5, 0.6) is 5.75 Å². The topological polar surface area (TPSA) is 56.5 Å². The van der Waals surface area contributed by atoms with Gasteiger partial charge in [-0.25, -0.2) is 0 Å². The number of rotatable bonds is 5. The van der Waals surface area contributed by atoms with Gasteiger partial charge in [-0.3, -0.25) is 11.3 Å². The van der Waals surface area contributed by atoms with Crippen molar-refractivity contribution in [1.82, 2.24) is 5.43 Å². The molecule has 1 aromatic rings. The average molecular weight is 294 g/mol. The second kappa shape index (κ2) is 6.80. The number of aryl methyl sites for hydroxylation is 1. The van der Waals surface area contributed by atoms with E-state index < -0.39 is 0 Å². The van der Waals surface area contributed by atoms with Gasteiger partial charge in [-0.2, -0.15) is 11.8 Å². The van der Waals surface area contributed by atoms with Crippen molar-refractivity contribution in [3.8, 4) is 5.75 Å². The summed E-state index contributed by atoms with van der Waals surface area (Å²) in [6.07, 6.45) is 3.29. The number of fused-ring (bicyclic) bond motifs is 1. The summed E-state index contributed by atoms with van der Waals surface area (Å²) < 4.78 is 11.4. The predicted octanol–water partition coefficient (Wildman–Crippen LogP) is 1.52. The molecular weight excluding hydrogens is 272 g/mol. The molecular formula is C15H22N2O2S. The molecule has 20 heavy (non-hydrogen) atoms. The minimum absolute atomic E-state index is 0.229. The van der Waals surface area contributed by atoms with E-state index >= 15 is 0 Å². The van der Waals surface area contributed by atoms with Crippen molar-refractivity contribution in [3.05, 3.63) is 29.3 Å². The van der Waals surface area contributed by atoms with E-state index in [1.54, 1.807) is 0 Å². The fourth-order valence-electron chi connectivity index (χ4n) is 2.83. The van der Waals surface area contributed by atoms with Gasteiger partial charge in [-0.05, 0) is 30.0 Å². The fraction of sp³-hybridized carbons (Fsp3) is 0.600. The minimum Gasteiger partial charge on any atom is -0.493 e. The van der Waals surface area contributed by atoms with Crippen molar-refractivity contribution >= 4 is 11.8 Å². The Bertz CT molecular complexity index is 449. The van der Waals surface area contributed by atoms with Gasteiger partial charge in [0.25, 0.3) is 0 Å². The molecule has 110 valence electrons. The molecule has 2 aliphatic rings. The maximum Gasteiger partial charge on any atom is 0.122 e. The third kappa shape index (κ3) is 3.28. The molecule has 0 radical (unpaired) electrons. The van der Waals surface area contributed by atoms with Gasteiger partial charge in [-0.15, -0.1) is 0 Å². The van der Waals surface area contributed by atoms with E-state index in [1.807, 2.05) is 11.8 Å². The van der Waals surface area contributed by atoms with E-state index in [2.05, 4.69) is 23.6 Å². The minimum atomic E-state index is 0.229. The number of thioether (sulfide) groups is 1. The van der Waals surface area contributed by atoms with E-state index in [0.717, 1.165) is 49.7 Å². The second-order valence-electron chi connectivity index (χ2n) is 5.34. The first-order valence-corrected chi connectivity index (χ1v) is 8.42. The molecule has 0 saturated carbocycles. The molecule has 2 aliphatic heterocycles. The number of nitrogens with one attached hydrogen (secondary N) is 1. The summed E-state index contributed by atoms with van der Waals surface area (Å²) in [6, 6.07) is 6.75. The molecule has 2 heterocycles. The van der Waals surface area contributed by atoms with E-state index in [1.165, 1.54) is 11.1 Å². The lowest BCUT2D eigenvalue weighted by Crippen LogP contribution is -2.48. The van der Waals surface area contributed by atoms with Gasteiger partial charge in [0.1, 0.15) is 5.75 Å². The highest BCUT2D eigenvalue weighted by Crippen LogP contribution is 2.26. The van der Waals surface area contributed by atoms with E-state index in [4.69, 9.17) is 15.3 Å². The fourth-order valence-corrected chi connectivity index (χ4v) is 3.77. The molecule has 2 unspecified atom stereocenters. The summed E-state index contributed by atoms with van der Waals surface area (Å²) in [6.45, 7) is 1.66. The van der Waals surface area contributed by atoms with Crippen molar-refractivity contribution in [2.45, 2.75) is 31.4 Å². The van der Waals surface area contributed by atoms with E-state index in [0.29, 0.717) is 0 Å². The van der Waals surface area contributed by atoms with Gasteiger partial charge >= 0.3 is 0 Å². The molecule has 0 spiro atoms. The highest BCUT2D eigenvalue weighted by molar-refractivity contribution is 7.99. The molecule has 0 aliphatic carbocycles. The Balaban J connectivity index is 1.57. The zero-order chi connectivity index (χ0) is 13.8. The van der Waals surface area contributed by atoms with Crippen molar-refractivity contribution < 1.29 is 9.47 Å². The Morgan fingerprint density at radius 2 is 2.35 bits per heavy atom. The monoisotopic (exact) mass is 294 g/mol. The molecule has 4 nitrogen and oxygen atoms in total. The molecule has 3 rings (SSSR count). The highest BCUT2D eigenvalue weighted by atomic mass is 32.2. The van der Waals surface area contributed by atoms with Crippen LogP contribution in [-0.4, -0.2) is 36.9 Å². The lowest BCUT2D eigenvalue weighted by Gasteiger charge is -2.29. The predicted molar refractivity (Wildman–Crippen MR) is 82.1 cm³/mol. The molecule has 0 aromatic heterocycles. The van der Waals surface area contributed by atoms with Gasteiger partial charge in [0.05, 0.1) is 19.3 Å². The Hall–Kier alpha value is -0.750. The maximum absolute atomic E-state index is 5.81. The molecule has 5 heteroatoms. The van der Waals surface area contributed by atoms with Gasteiger partial charge in [0.15, 0.2) is 0 Å². The molecule has 1 fully saturated rings. The van der Waals surface area contributed by atoms with Crippen LogP contribution in [0.3, 0.4) is 0 Å². The SMILES string of the molecule is NNC(CCc1ccc2c(c1)CCO2)C1CSCCO1. The Morgan fingerprint density at radius 3 is 3.15 bits per heavy atom. The first-order valence-electron chi connectivity index (χ1n) is 7.27. The summed E-state index contributed by atoms with van der Waals surface area (Å²) in [5.41, 5.74) is 5.63. The number of benzene rings is 1. The van der Waals surface area contributed by atoms with Crippen LogP contribution in [0.25, 0.3) is 0 Å². The summed E-state index contributed by atoms with van der Waals surface area (Å²) in [5.74, 6) is 8.88. The Labute approximate surface area is 124 Å². The van der Waals surface area contributed by atoms with Gasteiger partial charge in [0.2, 0.25) is 0 Å². The van der Waals surface area contributed by atoms with E-state index in [9.17, 15) is 0 Å². The molecule has 1 saturated heterocycles. The first kappa shape index (κ1) is 14.2. The standard InChI is InChI=1S/C15H22N2O2S/c16-17-13(15-10-20-8-7-19-15)3-1-11-2-4-14-12(9-11)5-6-18-14/h2,4,9,13,15,17H,1,3,5-8,10,16H2. The molecule has 0 bridgehead atoms. The maximum atomic E-state index is 5.81. The van der Waals surface area contributed by atoms with Crippen molar-refractivity contribution in [2.24, 2.45) is 5.84 Å². The van der Waals surface area contributed by atoms with Crippen LogP contribution < -0.4 is 16.0 Å².